The van der Waals surface area contributed by atoms with Gasteiger partial charge in [0.1, 0.15) is 5.82 Å². The molecule has 0 aromatic carbocycles. The maximum Gasteiger partial charge on any atom is 0.249 e. The lowest BCUT2D eigenvalue weighted by Crippen LogP contribution is -2.34. The molecule has 0 aliphatic heterocycles. The Balaban J connectivity index is 2.19. The Morgan fingerprint density at radius 2 is 2.07 bits per heavy atom. The fourth-order valence-electron chi connectivity index (χ4n) is 1.62. The van der Waals surface area contributed by atoms with E-state index in [-0.39, 0.29) is 24.2 Å². The number of alkyl halides is 2. The Kier molecular flexibility index (Phi) is 1.90. The average Bonchev–Trinajstić information content (AvgIpc) is 2.00. The zero-order valence-corrected chi connectivity index (χ0v) is 7.30. The molecule has 0 radical (unpaired) electrons. The zero-order chi connectivity index (χ0) is 10.3. The standard InChI is InChI=1S/C9H9F3N2/c10-7-1-6(13)4-14-8(7)5-2-9(11,12)3-5/h1,4-5H,2-3,13H2. The molecule has 0 amide bonds. The van der Waals surface area contributed by atoms with Crippen molar-refractivity contribution in [2.24, 2.45) is 0 Å². The van der Waals surface area contributed by atoms with Crippen molar-refractivity contribution in [3.8, 4) is 0 Å². The number of nitrogens with zero attached hydrogens (tertiary/aromatic N) is 1. The first-order chi connectivity index (χ1) is 6.48. The highest BCUT2D eigenvalue weighted by atomic mass is 19.3. The summed E-state index contributed by atoms with van der Waals surface area (Å²) in [6.45, 7) is 0. The number of aromatic nitrogens is 1. The summed E-state index contributed by atoms with van der Waals surface area (Å²) in [6.07, 6.45) is 0.649. The number of hydrogen-bond acceptors (Lipinski definition) is 2. The van der Waals surface area contributed by atoms with E-state index in [1.54, 1.807) is 0 Å². The maximum absolute atomic E-state index is 13.2. The smallest absolute Gasteiger partial charge is 0.249 e. The van der Waals surface area contributed by atoms with Gasteiger partial charge in [-0.15, -0.1) is 0 Å². The topological polar surface area (TPSA) is 38.9 Å². The molecule has 1 heterocycles. The Morgan fingerprint density at radius 3 is 2.57 bits per heavy atom. The molecule has 0 bridgehead atoms. The molecule has 5 heteroatoms. The number of nitrogens with two attached hydrogens (primary N) is 1. The molecule has 14 heavy (non-hydrogen) atoms. The molecule has 2 rings (SSSR count). The van der Waals surface area contributed by atoms with Crippen LogP contribution in [0.15, 0.2) is 12.3 Å². The third-order valence-corrected chi connectivity index (χ3v) is 2.37. The van der Waals surface area contributed by atoms with Crippen LogP contribution in [0.3, 0.4) is 0 Å². The number of nitrogen functional groups attached to an aromatic ring is 1. The van der Waals surface area contributed by atoms with Crippen molar-refractivity contribution in [3.05, 3.63) is 23.8 Å². The largest absolute Gasteiger partial charge is 0.397 e. The Morgan fingerprint density at radius 1 is 1.43 bits per heavy atom. The van der Waals surface area contributed by atoms with Crippen LogP contribution in [0.1, 0.15) is 24.5 Å². The lowest BCUT2D eigenvalue weighted by Gasteiger charge is -2.34. The minimum absolute atomic E-state index is 0.102. The Hall–Kier alpha value is -1.26. The average molecular weight is 202 g/mol. The Bertz CT molecular complexity index is 357. The van der Waals surface area contributed by atoms with Crippen LogP contribution in [0.2, 0.25) is 0 Å². The molecule has 0 unspecified atom stereocenters. The number of anilines is 1. The monoisotopic (exact) mass is 202 g/mol. The van der Waals surface area contributed by atoms with Gasteiger partial charge in [0.15, 0.2) is 0 Å². The summed E-state index contributed by atoms with van der Waals surface area (Å²) >= 11 is 0. The van der Waals surface area contributed by atoms with Gasteiger partial charge in [-0.25, -0.2) is 13.2 Å². The van der Waals surface area contributed by atoms with Crippen molar-refractivity contribution in [2.45, 2.75) is 24.7 Å². The van der Waals surface area contributed by atoms with Crippen molar-refractivity contribution in [3.63, 3.8) is 0 Å². The molecule has 1 fully saturated rings. The van der Waals surface area contributed by atoms with Crippen LogP contribution in [0.4, 0.5) is 18.9 Å². The lowest BCUT2D eigenvalue weighted by molar-refractivity contribution is -0.0882. The normalized spacial score (nSPS) is 20.5. The summed E-state index contributed by atoms with van der Waals surface area (Å²) in [7, 11) is 0. The molecule has 2 nitrogen and oxygen atoms in total. The fraction of sp³-hybridized carbons (Fsp3) is 0.444. The highest BCUT2D eigenvalue weighted by Crippen LogP contribution is 2.48. The minimum atomic E-state index is -2.65. The lowest BCUT2D eigenvalue weighted by atomic mass is 9.79. The van der Waals surface area contributed by atoms with E-state index in [1.165, 1.54) is 6.20 Å². The van der Waals surface area contributed by atoms with Gasteiger partial charge < -0.3 is 5.73 Å². The van der Waals surface area contributed by atoms with Crippen LogP contribution in [-0.4, -0.2) is 10.9 Å². The van der Waals surface area contributed by atoms with E-state index in [4.69, 9.17) is 5.73 Å². The third kappa shape index (κ3) is 1.54. The third-order valence-electron chi connectivity index (χ3n) is 2.37. The van der Waals surface area contributed by atoms with E-state index < -0.39 is 17.7 Å². The number of hydrogen-bond donors (Lipinski definition) is 1. The summed E-state index contributed by atoms with van der Waals surface area (Å²) in [5.41, 5.74) is 5.60. The molecule has 0 atom stereocenters. The van der Waals surface area contributed by atoms with Crippen molar-refractivity contribution in [2.75, 3.05) is 5.73 Å². The Labute approximate surface area is 78.9 Å². The number of rotatable bonds is 1. The van der Waals surface area contributed by atoms with E-state index in [2.05, 4.69) is 4.98 Å². The van der Waals surface area contributed by atoms with Crippen LogP contribution in [0.25, 0.3) is 0 Å². The van der Waals surface area contributed by atoms with Gasteiger partial charge >= 0.3 is 0 Å². The van der Waals surface area contributed by atoms with E-state index in [1.807, 2.05) is 0 Å². The van der Waals surface area contributed by atoms with Crippen LogP contribution >= 0.6 is 0 Å². The minimum Gasteiger partial charge on any atom is -0.397 e. The first kappa shape index (κ1) is 9.30. The molecule has 1 aromatic rings. The van der Waals surface area contributed by atoms with E-state index in [0.29, 0.717) is 0 Å². The van der Waals surface area contributed by atoms with E-state index >= 15 is 0 Å². The fourth-order valence-corrected chi connectivity index (χ4v) is 1.62. The molecule has 1 aliphatic rings. The van der Waals surface area contributed by atoms with Gasteiger partial charge in [-0.05, 0) is 0 Å². The van der Waals surface area contributed by atoms with Gasteiger partial charge in [-0.3, -0.25) is 4.98 Å². The van der Waals surface area contributed by atoms with E-state index in [9.17, 15) is 13.2 Å². The molecule has 1 saturated carbocycles. The second-order valence-corrected chi connectivity index (χ2v) is 3.60. The van der Waals surface area contributed by atoms with Crippen molar-refractivity contribution >= 4 is 5.69 Å². The molecule has 2 N–H and O–H groups in total. The van der Waals surface area contributed by atoms with Crippen molar-refractivity contribution in [1.82, 2.24) is 4.98 Å². The molecule has 76 valence electrons. The summed E-state index contributed by atoms with van der Waals surface area (Å²) in [5, 5.41) is 0. The first-order valence-corrected chi connectivity index (χ1v) is 4.27. The summed E-state index contributed by atoms with van der Waals surface area (Å²) in [4.78, 5) is 3.73. The van der Waals surface area contributed by atoms with Gasteiger partial charge in [0.25, 0.3) is 0 Å². The molecule has 1 aliphatic carbocycles. The van der Waals surface area contributed by atoms with Crippen LogP contribution < -0.4 is 5.73 Å². The second-order valence-electron chi connectivity index (χ2n) is 3.60. The van der Waals surface area contributed by atoms with Crippen LogP contribution in [0.5, 0.6) is 0 Å². The van der Waals surface area contributed by atoms with Gasteiger partial charge in [-0.1, -0.05) is 0 Å². The van der Waals surface area contributed by atoms with Gasteiger partial charge in [-0.2, -0.15) is 0 Å². The van der Waals surface area contributed by atoms with Gasteiger partial charge in [0, 0.05) is 24.8 Å². The molecular formula is C9H9F3N2. The molecule has 0 saturated heterocycles. The van der Waals surface area contributed by atoms with Crippen molar-refractivity contribution in [1.29, 1.82) is 0 Å². The van der Waals surface area contributed by atoms with Gasteiger partial charge in [0.2, 0.25) is 5.92 Å². The summed E-state index contributed by atoms with van der Waals surface area (Å²) in [6, 6.07) is 1.11. The molecule has 1 aromatic heterocycles. The van der Waals surface area contributed by atoms with Gasteiger partial charge in [0.05, 0.1) is 17.6 Å². The maximum atomic E-state index is 13.2. The zero-order valence-electron chi connectivity index (χ0n) is 7.30. The second kappa shape index (κ2) is 2.87. The van der Waals surface area contributed by atoms with Crippen molar-refractivity contribution < 1.29 is 13.2 Å². The summed E-state index contributed by atoms with van der Waals surface area (Å²) < 4.78 is 38.2. The van der Waals surface area contributed by atoms with Crippen LogP contribution in [0, 0.1) is 5.82 Å². The highest BCUT2D eigenvalue weighted by molar-refractivity contribution is 5.36. The highest BCUT2D eigenvalue weighted by Gasteiger charge is 2.47. The molecular weight excluding hydrogens is 193 g/mol. The molecule has 0 spiro atoms. The summed E-state index contributed by atoms with van der Waals surface area (Å²) in [5.74, 6) is -3.71. The predicted molar refractivity (Wildman–Crippen MR) is 45.5 cm³/mol. The van der Waals surface area contributed by atoms with Crippen LogP contribution in [-0.2, 0) is 0 Å². The number of pyridine rings is 1. The SMILES string of the molecule is Nc1cnc(C2CC(F)(F)C2)c(F)c1. The first-order valence-electron chi connectivity index (χ1n) is 4.27. The quantitative estimate of drug-likeness (QED) is 0.758. The van der Waals surface area contributed by atoms with E-state index in [0.717, 1.165) is 6.07 Å². The predicted octanol–water partition coefficient (Wildman–Crippen LogP) is 2.32. The number of halogens is 3.